The highest BCUT2D eigenvalue weighted by Gasteiger charge is 2.18. The van der Waals surface area contributed by atoms with Crippen LogP contribution in [0.1, 0.15) is 25.3 Å². The molecule has 2 heterocycles. The molecule has 1 aromatic heterocycles. The Labute approximate surface area is 122 Å². The molecule has 21 heavy (non-hydrogen) atoms. The lowest BCUT2D eigenvalue weighted by molar-refractivity contribution is 0.185. The van der Waals surface area contributed by atoms with Gasteiger partial charge in [-0.15, -0.1) is 0 Å². The van der Waals surface area contributed by atoms with E-state index in [-0.39, 0.29) is 11.5 Å². The highest BCUT2D eigenvalue weighted by Crippen LogP contribution is 2.31. The van der Waals surface area contributed by atoms with Crippen molar-refractivity contribution in [3.05, 3.63) is 34.2 Å². The Bertz CT molecular complexity index is 714. The van der Waals surface area contributed by atoms with Gasteiger partial charge < -0.3 is 14.6 Å². The molecule has 3 rings (SSSR count). The molecule has 1 saturated heterocycles. The third kappa shape index (κ3) is 2.88. The summed E-state index contributed by atoms with van der Waals surface area (Å²) in [4.78, 5) is 14.0. The van der Waals surface area contributed by atoms with Crippen molar-refractivity contribution >= 4 is 11.0 Å². The average Bonchev–Trinajstić information content (AvgIpc) is 2.43. The molecule has 1 aromatic carbocycles. The number of aromatic hydroxyl groups is 2. The minimum Gasteiger partial charge on any atom is -0.504 e. The largest absolute Gasteiger partial charge is 0.504 e. The van der Waals surface area contributed by atoms with Crippen molar-refractivity contribution in [3.63, 3.8) is 0 Å². The molecule has 1 aliphatic rings. The van der Waals surface area contributed by atoms with Crippen LogP contribution in [0.5, 0.6) is 11.5 Å². The minimum absolute atomic E-state index is 0.204. The number of nitrogens with zero attached hydrogens (tertiary/aromatic N) is 1. The number of piperidine rings is 1. The summed E-state index contributed by atoms with van der Waals surface area (Å²) in [7, 11) is 0. The smallest absolute Gasteiger partial charge is 0.336 e. The van der Waals surface area contributed by atoms with Gasteiger partial charge in [-0.3, -0.25) is 4.90 Å². The van der Waals surface area contributed by atoms with Crippen LogP contribution in [0, 0.1) is 5.92 Å². The van der Waals surface area contributed by atoms with Gasteiger partial charge in [0.2, 0.25) is 0 Å². The summed E-state index contributed by atoms with van der Waals surface area (Å²) in [6.07, 6.45) is 2.32. The molecule has 2 N–H and O–H groups in total. The molecule has 1 aliphatic heterocycles. The predicted molar refractivity (Wildman–Crippen MR) is 79.5 cm³/mol. The van der Waals surface area contributed by atoms with Crippen LogP contribution in [0.25, 0.3) is 11.0 Å². The van der Waals surface area contributed by atoms with Crippen LogP contribution in [0.4, 0.5) is 0 Å². The second kappa shape index (κ2) is 5.41. The zero-order valence-corrected chi connectivity index (χ0v) is 12.0. The quantitative estimate of drug-likeness (QED) is 0.656. The molecule has 0 bridgehead atoms. The molecule has 0 amide bonds. The van der Waals surface area contributed by atoms with Gasteiger partial charge in [0.25, 0.3) is 0 Å². The lowest BCUT2D eigenvalue weighted by Gasteiger charge is -2.30. The van der Waals surface area contributed by atoms with Gasteiger partial charge in [0, 0.05) is 24.1 Å². The van der Waals surface area contributed by atoms with Crippen molar-refractivity contribution in [2.45, 2.75) is 26.3 Å². The van der Waals surface area contributed by atoms with E-state index in [2.05, 4.69) is 11.8 Å². The molecule has 5 nitrogen and oxygen atoms in total. The van der Waals surface area contributed by atoms with Gasteiger partial charge in [-0.25, -0.2) is 4.79 Å². The number of phenols is 2. The maximum absolute atomic E-state index is 11.7. The molecule has 0 spiro atoms. The minimum atomic E-state index is -0.437. The van der Waals surface area contributed by atoms with Crippen molar-refractivity contribution in [1.82, 2.24) is 4.90 Å². The van der Waals surface area contributed by atoms with Crippen LogP contribution in [0.15, 0.2) is 27.4 Å². The highest BCUT2D eigenvalue weighted by molar-refractivity contribution is 5.83. The molecule has 112 valence electrons. The standard InChI is InChI=1S/C16H19NO4/c1-10-2-4-17(5-3-10)9-11-6-16(20)21-15-8-14(19)13(18)7-12(11)15/h6-8,10,18-19H,2-5,9H2,1H3. The molecule has 0 atom stereocenters. The van der Waals surface area contributed by atoms with E-state index in [1.165, 1.54) is 18.2 Å². The Morgan fingerprint density at radius 2 is 1.86 bits per heavy atom. The summed E-state index contributed by atoms with van der Waals surface area (Å²) >= 11 is 0. The number of likely N-dealkylation sites (tertiary alicyclic amines) is 1. The van der Waals surface area contributed by atoms with Crippen LogP contribution in [0.3, 0.4) is 0 Å². The van der Waals surface area contributed by atoms with Crippen molar-refractivity contribution in [1.29, 1.82) is 0 Å². The Balaban J connectivity index is 1.97. The van der Waals surface area contributed by atoms with Gasteiger partial charge in [-0.05, 0) is 43.5 Å². The monoisotopic (exact) mass is 289 g/mol. The van der Waals surface area contributed by atoms with E-state index in [9.17, 15) is 15.0 Å². The van der Waals surface area contributed by atoms with Crippen LogP contribution in [-0.4, -0.2) is 28.2 Å². The topological polar surface area (TPSA) is 73.9 Å². The third-order valence-electron chi connectivity index (χ3n) is 4.20. The molecule has 1 fully saturated rings. The Kier molecular flexibility index (Phi) is 3.59. The van der Waals surface area contributed by atoms with E-state index in [1.807, 2.05) is 0 Å². The molecule has 2 aromatic rings. The summed E-state index contributed by atoms with van der Waals surface area (Å²) in [6.45, 7) is 4.92. The van der Waals surface area contributed by atoms with E-state index < -0.39 is 5.63 Å². The number of phenolic OH excluding ortho intramolecular Hbond substituents is 2. The normalized spacial score (nSPS) is 17.4. The second-order valence-corrected chi connectivity index (χ2v) is 5.89. The summed E-state index contributed by atoms with van der Waals surface area (Å²) in [5, 5.41) is 19.9. The van der Waals surface area contributed by atoms with Gasteiger partial charge in [0.1, 0.15) is 5.58 Å². The molecule has 0 radical (unpaired) electrons. The van der Waals surface area contributed by atoms with Crippen molar-refractivity contribution in [2.24, 2.45) is 5.92 Å². The fourth-order valence-corrected chi connectivity index (χ4v) is 2.84. The maximum atomic E-state index is 11.7. The number of fused-ring (bicyclic) bond motifs is 1. The number of rotatable bonds is 2. The summed E-state index contributed by atoms with van der Waals surface area (Å²) in [5.74, 6) is 0.263. The summed E-state index contributed by atoms with van der Waals surface area (Å²) in [5.41, 5.74) is 0.692. The van der Waals surface area contributed by atoms with E-state index in [0.717, 1.165) is 37.4 Å². The van der Waals surface area contributed by atoms with Gasteiger partial charge in [0.15, 0.2) is 11.5 Å². The zero-order valence-electron chi connectivity index (χ0n) is 12.0. The SMILES string of the molecule is CC1CCN(Cc2cc(=O)oc3cc(O)c(O)cc23)CC1. The van der Waals surface area contributed by atoms with E-state index in [1.54, 1.807) is 0 Å². The predicted octanol–water partition coefficient (Wildman–Crippen LogP) is 2.44. The number of benzene rings is 1. The molecular weight excluding hydrogens is 270 g/mol. The van der Waals surface area contributed by atoms with E-state index >= 15 is 0 Å². The fraction of sp³-hybridized carbons (Fsp3) is 0.438. The second-order valence-electron chi connectivity index (χ2n) is 5.89. The molecule has 0 unspecified atom stereocenters. The first-order valence-corrected chi connectivity index (χ1v) is 7.24. The zero-order chi connectivity index (χ0) is 15.0. The lowest BCUT2D eigenvalue weighted by atomic mass is 9.98. The van der Waals surface area contributed by atoms with E-state index in [0.29, 0.717) is 17.5 Å². The van der Waals surface area contributed by atoms with Crippen molar-refractivity contribution in [3.8, 4) is 11.5 Å². The Morgan fingerprint density at radius 3 is 2.57 bits per heavy atom. The number of hydrogen-bond donors (Lipinski definition) is 2. The van der Waals surface area contributed by atoms with Gasteiger partial charge in [-0.2, -0.15) is 0 Å². The van der Waals surface area contributed by atoms with Crippen molar-refractivity contribution < 1.29 is 14.6 Å². The van der Waals surface area contributed by atoms with Gasteiger partial charge in [-0.1, -0.05) is 6.92 Å². The molecule has 0 saturated carbocycles. The molecule has 5 heteroatoms. The van der Waals surface area contributed by atoms with Crippen molar-refractivity contribution in [2.75, 3.05) is 13.1 Å². The molecular formula is C16H19NO4. The first-order valence-electron chi connectivity index (χ1n) is 7.24. The Morgan fingerprint density at radius 1 is 1.19 bits per heavy atom. The fourth-order valence-electron chi connectivity index (χ4n) is 2.84. The van der Waals surface area contributed by atoms with Crippen LogP contribution >= 0.6 is 0 Å². The van der Waals surface area contributed by atoms with Crippen LogP contribution in [-0.2, 0) is 6.54 Å². The average molecular weight is 289 g/mol. The summed E-state index contributed by atoms with van der Waals surface area (Å²) < 4.78 is 5.10. The first-order chi connectivity index (χ1) is 10.0. The van der Waals surface area contributed by atoms with E-state index in [4.69, 9.17) is 4.42 Å². The van der Waals surface area contributed by atoms with Crippen LogP contribution in [0.2, 0.25) is 0 Å². The van der Waals surface area contributed by atoms with Gasteiger partial charge >= 0.3 is 5.63 Å². The highest BCUT2D eigenvalue weighted by atomic mass is 16.4. The lowest BCUT2D eigenvalue weighted by Crippen LogP contribution is -2.32. The molecule has 0 aliphatic carbocycles. The van der Waals surface area contributed by atoms with Crippen LogP contribution < -0.4 is 5.63 Å². The Hall–Kier alpha value is -2.01. The first kappa shape index (κ1) is 13.9. The number of hydrogen-bond acceptors (Lipinski definition) is 5. The maximum Gasteiger partial charge on any atom is 0.336 e. The summed E-state index contributed by atoms with van der Waals surface area (Å²) in [6, 6.07) is 4.21. The third-order valence-corrected chi connectivity index (χ3v) is 4.20. The van der Waals surface area contributed by atoms with Gasteiger partial charge in [0.05, 0.1) is 0 Å².